The van der Waals surface area contributed by atoms with Crippen molar-refractivity contribution in [3.05, 3.63) is 35.9 Å². The number of hydrogen-bond acceptors (Lipinski definition) is 1. The van der Waals surface area contributed by atoms with Gasteiger partial charge in [-0.1, -0.05) is 50.6 Å². The third kappa shape index (κ3) is 1.93. The van der Waals surface area contributed by atoms with E-state index in [0.717, 1.165) is 12.8 Å². The molecule has 82 valence electrons. The molecule has 0 radical (unpaired) electrons. The molecule has 0 bridgehead atoms. The molecule has 1 heteroatoms. The van der Waals surface area contributed by atoms with Gasteiger partial charge >= 0.3 is 0 Å². The second kappa shape index (κ2) is 3.64. The van der Waals surface area contributed by atoms with E-state index in [1.165, 1.54) is 18.4 Å². The number of benzene rings is 1. The lowest BCUT2D eigenvalue weighted by Gasteiger charge is -2.38. The third-order valence-electron chi connectivity index (χ3n) is 4.13. The van der Waals surface area contributed by atoms with Crippen molar-refractivity contribution in [3.8, 4) is 0 Å². The molecule has 1 aliphatic carbocycles. The van der Waals surface area contributed by atoms with Crippen LogP contribution < -0.4 is 5.73 Å². The summed E-state index contributed by atoms with van der Waals surface area (Å²) in [6.07, 6.45) is 4.71. The maximum absolute atomic E-state index is 6.57. The molecule has 0 saturated heterocycles. The smallest absolute Gasteiger partial charge is 0.0246 e. The molecule has 1 aromatic rings. The minimum Gasteiger partial charge on any atom is -0.324 e. The Balaban J connectivity index is 2.18. The molecule has 0 heterocycles. The molecule has 1 aliphatic rings. The van der Waals surface area contributed by atoms with Gasteiger partial charge in [0.15, 0.2) is 0 Å². The molecule has 15 heavy (non-hydrogen) atoms. The Kier molecular flexibility index (Phi) is 2.59. The van der Waals surface area contributed by atoms with Gasteiger partial charge in [0.25, 0.3) is 0 Å². The standard InChI is InChI=1S/C14H21N/c1-13(2)9-6-10-14(13,15)11-12-7-4-3-5-8-12/h3-5,7-8H,6,9-11,15H2,1-2H3. The average Bonchev–Trinajstić information content (AvgIpc) is 2.43. The number of hydrogen-bond donors (Lipinski definition) is 1. The van der Waals surface area contributed by atoms with E-state index in [-0.39, 0.29) is 11.0 Å². The van der Waals surface area contributed by atoms with E-state index < -0.39 is 0 Å². The van der Waals surface area contributed by atoms with Crippen LogP contribution in [0.5, 0.6) is 0 Å². The number of nitrogens with two attached hydrogens (primary N) is 1. The van der Waals surface area contributed by atoms with Crippen LogP contribution in [0.3, 0.4) is 0 Å². The maximum Gasteiger partial charge on any atom is 0.0246 e. The topological polar surface area (TPSA) is 26.0 Å². The first-order valence-electron chi connectivity index (χ1n) is 5.86. The fourth-order valence-electron chi connectivity index (χ4n) is 2.72. The van der Waals surface area contributed by atoms with Crippen molar-refractivity contribution >= 4 is 0 Å². The maximum atomic E-state index is 6.57. The number of rotatable bonds is 2. The SMILES string of the molecule is CC1(C)CCCC1(N)Cc1ccccc1. The monoisotopic (exact) mass is 203 g/mol. The highest BCUT2D eigenvalue weighted by molar-refractivity contribution is 5.20. The third-order valence-corrected chi connectivity index (χ3v) is 4.13. The van der Waals surface area contributed by atoms with Crippen molar-refractivity contribution in [2.75, 3.05) is 0 Å². The summed E-state index contributed by atoms with van der Waals surface area (Å²) in [5.74, 6) is 0. The van der Waals surface area contributed by atoms with Crippen LogP contribution in [-0.2, 0) is 6.42 Å². The summed E-state index contributed by atoms with van der Waals surface area (Å²) in [6, 6.07) is 10.6. The van der Waals surface area contributed by atoms with Gasteiger partial charge in [0.05, 0.1) is 0 Å². The minimum absolute atomic E-state index is 0.00560. The molecule has 0 spiro atoms. The predicted octanol–water partition coefficient (Wildman–Crippen LogP) is 3.14. The Morgan fingerprint density at radius 1 is 1.13 bits per heavy atom. The van der Waals surface area contributed by atoms with Crippen LogP contribution in [0.2, 0.25) is 0 Å². The molecule has 1 atom stereocenters. The zero-order chi connectivity index (χ0) is 10.9. The van der Waals surface area contributed by atoms with E-state index in [1.807, 2.05) is 0 Å². The molecule has 1 nitrogen and oxygen atoms in total. The molecule has 2 rings (SSSR count). The van der Waals surface area contributed by atoms with Crippen LogP contribution in [0.15, 0.2) is 30.3 Å². The van der Waals surface area contributed by atoms with Crippen molar-refractivity contribution in [2.45, 2.75) is 45.1 Å². The van der Waals surface area contributed by atoms with E-state index in [4.69, 9.17) is 5.73 Å². The van der Waals surface area contributed by atoms with E-state index >= 15 is 0 Å². The summed E-state index contributed by atoms with van der Waals surface area (Å²) in [7, 11) is 0. The second-order valence-electron chi connectivity index (χ2n) is 5.56. The van der Waals surface area contributed by atoms with Gasteiger partial charge in [0.2, 0.25) is 0 Å². The molecular weight excluding hydrogens is 182 g/mol. The predicted molar refractivity (Wildman–Crippen MR) is 64.7 cm³/mol. The van der Waals surface area contributed by atoms with Crippen LogP contribution in [0, 0.1) is 5.41 Å². The molecule has 0 amide bonds. The van der Waals surface area contributed by atoms with Gasteiger partial charge in [-0.2, -0.15) is 0 Å². The average molecular weight is 203 g/mol. The molecule has 1 unspecified atom stereocenters. The minimum atomic E-state index is -0.00560. The first-order valence-corrected chi connectivity index (χ1v) is 5.86. The summed E-state index contributed by atoms with van der Waals surface area (Å²) in [4.78, 5) is 0. The van der Waals surface area contributed by atoms with Gasteiger partial charge in [-0.15, -0.1) is 0 Å². The summed E-state index contributed by atoms with van der Waals surface area (Å²) >= 11 is 0. The van der Waals surface area contributed by atoms with Crippen LogP contribution in [-0.4, -0.2) is 5.54 Å². The molecule has 0 aromatic heterocycles. The Bertz CT molecular complexity index is 328. The lowest BCUT2D eigenvalue weighted by atomic mass is 9.72. The largest absolute Gasteiger partial charge is 0.324 e. The molecular formula is C14H21N. The Hall–Kier alpha value is -0.820. The highest BCUT2D eigenvalue weighted by Crippen LogP contribution is 2.45. The van der Waals surface area contributed by atoms with Gasteiger partial charge in [-0.25, -0.2) is 0 Å². The van der Waals surface area contributed by atoms with Crippen LogP contribution >= 0.6 is 0 Å². The molecule has 2 N–H and O–H groups in total. The van der Waals surface area contributed by atoms with Crippen LogP contribution in [0.25, 0.3) is 0 Å². The fourth-order valence-corrected chi connectivity index (χ4v) is 2.72. The van der Waals surface area contributed by atoms with Crippen LogP contribution in [0.4, 0.5) is 0 Å². The Labute approximate surface area is 92.7 Å². The van der Waals surface area contributed by atoms with Gasteiger partial charge in [0.1, 0.15) is 0 Å². The molecule has 1 saturated carbocycles. The lowest BCUT2D eigenvalue weighted by Crippen LogP contribution is -2.50. The van der Waals surface area contributed by atoms with E-state index in [0.29, 0.717) is 0 Å². The quantitative estimate of drug-likeness (QED) is 0.785. The Morgan fingerprint density at radius 3 is 2.33 bits per heavy atom. The van der Waals surface area contributed by atoms with Crippen molar-refractivity contribution < 1.29 is 0 Å². The van der Waals surface area contributed by atoms with E-state index in [2.05, 4.69) is 44.2 Å². The van der Waals surface area contributed by atoms with Crippen molar-refractivity contribution in [1.29, 1.82) is 0 Å². The first-order chi connectivity index (χ1) is 7.04. The van der Waals surface area contributed by atoms with Gasteiger partial charge in [0, 0.05) is 5.54 Å². The Morgan fingerprint density at radius 2 is 1.80 bits per heavy atom. The summed E-state index contributed by atoms with van der Waals surface area (Å²) in [6.45, 7) is 4.62. The van der Waals surface area contributed by atoms with Gasteiger partial charge in [-0.3, -0.25) is 0 Å². The van der Waals surface area contributed by atoms with Crippen molar-refractivity contribution in [3.63, 3.8) is 0 Å². The van der Waals surface area contributed by atoms with Crippen LogP contribution in [0.1, 0.15) is 38.7 Å². The molecule has 0 aliphatic heterocycles. The first kappa shape index (κ1) is 10.7. The summed E-state index contributed by atoms with van der Waals surface area (Å²) in [5, 5.41) is 0. The highest BCUT2D eigenvalue weighted by Gasteiger charge is 2.45. The normalized spacial score (nSPS) is 29.3. The fraction of sp³-hybridized carbons (Fsp3) is 0.571. The summed E-state index contributed by atoms with van der Waals surface area (Å²) < 4.78 is 0. The van der Waals surface area contributed by atoms with Gasteiger partial charge < -0.3 is 5.73 Å². The zero-order valence-electron chi connectivity index (χ0n) is 9.79. The van der Waals surface area contributed by atoms with Crippen molar-refractivity contribution in [1.82, 2.24) is 0 Å². The van der Waals surface area contributed by atoms with E-state index in [9.17, 15) is 0 Å². The molecule has 1 fully saturated rings. The lowest BCUT2D eigenvalue weighted by molar-refractivity contribution is 0.207. The highest BCUT2D eigenvalue weighted by atomic mass is 14.8. The molecule has 1 aromatic carbocycles. The van der Waals surface area contributed by atoms with Gasteiger partial charge in [-0.05, 0) is 30.2 Å². The van der Waals surface area contributed by atoms with E-state index in [1.54, 1.807) is 0 Å². The zero-order valence-corrected chi connectivity index (χ0v) is 9.79. The second-order valence-corrected chi connectivity index (χ2v) is 5.56. The summed E-state index contributed by atoms with van der Waals surface area (Å²) in [5.41, 5.74) is 8.21. The van der Waals surface area contributed by atoms with Crippen molar-refractivity contribution in [2.24, 2.45) is 11.1 Å².